The van der Waals surface area contributed by atoms with Crippen LogP contribution in [0.5, 0.6) is 5.75 Å². The Morgan fingerprint density at radius 1 is 1.24 bits per heavy atom. The van der Waals surface area contributed by atoms with Crippen molar-refractivity contribution >= 4 is 23.5 Å². The molecular weight excluding hydrogens is 495 g/mol. The number of halogens is 2. The molecular formula is C28H36ClFN4O3. The predicted molar refractivity (Wildman–Crippen MR) is 140 cm³/mol. The summed E-state index contributed by atoms with van der Waals surface area (Å²) in [6.45, 7) is 5.19. The molecule has 9 heteroatoms. The number of rotatable bonds is 10. The van der Waals surface area contributed by atoms with Gasteiger partial charge in [-0.25, -0.2) is 14.4 Å². The number of aliphatic hydroxyl groups is 1. The summed E-state index contributed by atoms with van der Waals surface area (Å²) in [5.74, 6) is 2.84. The van der Waals surface area contributed by atoms with E-state index >= 15 is 0 Å². The van der Waals surface area contributed by atoms with E-state index in [1.807, 2.05) is 6.92 Å². The number of carbonyl (C=O) groups is 1. The Hall–Kier alpha value is -2.45. The molecule has 1 amide bonds. The van der Waals surface area contributed by atoms with E-state index in [1.165, 1.54) is 12.5 Å². The molecule has 0 spiro atoms. The molecule has 5 rings (SSSR count). The molecule has 1 saturated carbocycles. The lowest BCUT2D eigenvalue weighted by Crippen LogP contribution is -2.63. The molecule has 2 atom stereocenters. The van der Waals surface area contributed by atoms with Crippen LogP contribution < -0.4 is 9.64 Å². The van der Waals surface area contributed by atoms with Crippen LogP contribution in [-0.4, -0.2) is 64.3 Å². The fourth-order valence-corrected chi connectivity index (χ4v) is 6.10. The number of β-amino-alcohol motifs (C(OH)–C–C–N with tert-alkyl or cyclic N) is 1. The van der Waals surface area contributed by atoms with Gasteiger partial charge in [0.1, 0.15) is 11.6 Å². The van der Waals surface area contributed by atoms with Crippen molar-refractivity contribution in [3.8, 4) is 5.75 Å². The summed E-state index contributed by atoms with van der Waals surface area (Å²) in [6.07, 6.45) is 9.35. The highest BCUT2D eigenvalue weighted by molar-refractivity contribution is 6.30. The maximum Gasteiger partial charge on any atom is 0.227 e. The second-order valence-electron chi connectivity index (χ2n) is 11.0. The molecule has 2 aromatic rings. The second kappa shape index (κ2) is 11.1. The maximum atomic E-state index is 14.6. The first kappa shape index (κ1) is 26.2. The third-order valence-corrected chi connectivity index (χ3v) is 8.37. The molecule has 1 aromatic heterocycles. The Labute approximate surface area is 223 Å². The van der Waals surface area contributed by atoms with Gasteiger partial charge in [-0.2, -0.15) is 0 Å². The molecule has 3 heterocycles. The molecule has 3 fully saturated rings. The highest BCUT2D eigenvalue weighted by atomic mass is 35.5. The minimum atomic E-state index is -0.773. The van der Waals surface area contributed by atoms with Crippen molar-refractivity contribution in [3.63, 3.8) is 0 Å². The molecule has 2 saturated heterocycles. The smallest absolute Gasteiger partial charge is 0.227 e. The quantitative estimate of drug-likeness (QED) is 0.487. The molecule has 1 aliphatic carbocycles. The summed E-state index contributed by atoms with van der Waals surface area (Å²) in [7, 11) is 0. The van der Waals surface area contributed by atoms with Gasteiger partial charge < -0.3 is 19.6 Å². The fraction of sp³-hybridized carbons (Fsp3) is 0.607. The third kappa shape index (κ3) is 6.34. The van der Waals surface area contributed by atoms with Crippen LogP contribution >= 0.6 is 11.6 Å². The van der Waals surface area contributed by atoms with Crippen LogP contribution in [0, 0.1) is 23.6 Å². The van der Waals surface area contributed by atoms with E-state index in [0.29, 0.717) is 48.4 Å². The highest BCUT2D eigenvalue weighted by Gasteiger charge is 2.44. The van der Waals surface area contributed by atoms with Crippen molar-refractivity contribution in [1.29, 1.82) is 0 Å². The average molecular weight is 531 g/mol. The largest absolute Gasteiger partial charge is 0.493 e. The Balaban J connectivity index is 1.01. The van der Waals surface area contributed by atoms with E-state index < -0.39 is 11.4 Å². The zero-order valence-corrected chi connectivity index (χ0v) is 22.2. The van der Waals surface area contributed by atoms with Crippen molar-refractivity contribution < 1.29 is 19.0 Å². The minimum Gasteiger partial charge on any atom is -0.493 e. The maximum absolute atomic E-state index is 14.6. The van der Waals surface area contributed by atoms with Gasteiger partial charge in [0.25, 0.3) is 0 Å². The first-order valence-corrected chi connectivity index (χ1v) is 13.9. The van der Waals surface area contributed by atoms with Gasteiger partial charge in [0.2, 0.25) is 11.9 Å². The summed E-state index contributed by atoms with van der Waals surface area (Å²) >= 11 is 5.89. The van der Waals surface area contributed by atoms with Crippen LogP contribution in [0.1, 0.15) is 51.0 Å². The first-order chi connectivity index (χ1) is 17.8. The highest BCUT2D eigenvalue weighted by Crippen LogP contribution is 2.49. The van der Waals surface area contributed by atoms with Gasteiger partial charge in [0.15, 0.2) is 0 Å². The molecule has 37 heavy (non-hydrogen) atoms. The number of benzene rings is 1. The second-order valence-corrected chi connectivity index (χ2v) is 11.4. The molecule has 2 aliphatic heterocycles. The summed E-state index contributed by atoms with van der Waals surface area (Å²) in [4.78, 5) is 24.9. The SMILES string of the molecule is CCCC1(O)CN(C(=O)Cc2ccc(OCC[C@@H]3C[C@@H]3C3CCN(c4ncc(Cl)cn4)CC3)cc2F)C1. The zero-order chi connectivity index (χ0) is 26.0. The van der Waals surface area contributed by atoms with Gasteiger partial charge >= 0.3 is 0 Å². The summed E-state index contributed by atoms with van der Waals surface area (Å²) < 4.78 is 20.5. The molecule has 0 bridgehead atoms. The number of hydrogen-bond donors (Lipinski definition) is 1. The summed E-state index contributed by atoms with van der Waals surface area (Å²) in [5.41, 5.74) is -0.411. The summed E-state index contributed by atoms with van der Waals surface area (Å²) in [6, 6.07) is 4.76. The number of ether oxygens (including phenoxy) is 1. The monoisotopic (exact) mass is 530 g/mol. The van der Waals surface area contributed by atoms with Gasteiger partial charge in [-0.3, -0.25) is 4.79 Å². The Morgan fingerprint density at radius 3 is 2.65 bits per heavy atom. The van der Waals surface area contributed by atoms with Crippen molar-refractivity contribution in [1.82, 2.24) is 14.9 Å². The summed E-state index contributed by atoms with van der Waals surface area (Å²) in [5, 5.41) is 10.8. The van der Waals surface area contributed by atoms with E-state index in [1.54, 1.807) is 29.4 Å². The number of piperidine rings is 1. The standard InChI is InChI=1S/C28H36ClFN4O3/c1-2-8-28(36)17-34(18-28)26(35)13-21-3-4-23(14-25(21)30)37-11-7-20-12-24(20)19-5-9-33(10-6-19)27-31-15-22(29)16-32-27/h3-4,14-16,19-20,24,36H,2,5-13,17-18H2,1H3/t20-,24-/m1/s1. The van der Waals surface area contributed by atoms with Crippen molar-refractivity contribution in [2.45, 2.75) is 57.5 Å². The minimum absolute atomic E-state index is 0.00102. The van der Waals surface area contributed by atoms with Gasteiger partial charge in [-0.15, -0.1) is 0 Å². The topological polar surface area (TPSA) is 78.8 Å². The van der Waals surface area contributed by atoms with Crippen molar-refractivity contribution in [3.05, 3.63) is 47.0 Å². The average Bonchev–Trinajstić information content (AvgIpc) is 3.64. The molecule has 200 valence electrons. The number of nitrogens with zero attached hydrogens (tertiary/aromatic N) is 4. The number of likely N-dealkylation sites (tertiary alicyclic amines) is 1. The Bertz CT molecular complexity index is 1090. The van der Waals surface area contributed by atoms with E-state index in [2.05, 4.69) is 14.9 Å². The lowest BCUT2D eigenvalue weighted by Gasteiger charge is -2.46. The normalized spacial score (nSPS) is 23.0. The molecule has 0 unspecified atom stereocenters. The van der Waals surface area contributed by atoms with Gasteiger partial charge in [-0.1, -0.05) is 31.0 Å². The van der Waals surface area contributed by atoms with Crippen LogP contribution in [-0.2, 0) is 11.2 Å². The molecule has 3 aliphatic rings. The molecule has 7 nitrogen and oxygen atoms in total. The Morgan fingerprint density at radius 2 is 1.97 bits per heavy atom. The predicted octanol–water partition coefficient (Wildman–Crippen LogP) is 4.51. The van der Waals surface area contributed by atoms with Crippen molar-refractivity contribution in [2.24, 2.45) is 17.8 Å². The zero-order valence-electron chi connectivity index (χ0n) is 21.4. The van der Waals surface area contributed by atoms with E-state index in [-0.39, 0.29) is 12.3 Å². The van der Waals surface area contributed by atoms with Gasteiger partial charge in [-0.05, 0) is 61.5 Å². The number of aromatic nitrogens is 2. The van der Waals surface area contributed by atoms with Crippen LogP contribution in [0.4, 0.5) is 10.3 Å². The van der Waals surface area contributed by atoms with Gasteiger partial charge in [0, 0.05) is 19.2 Å². The lowest BCUT2D eigenvalue weighted by molar-refractivity contribution is -0.155. The molecule has 0 radical (unpaired) electrons. The number of anilines is 1. The molecule has 1 N–H and O–H groups in total. The third-order valence-electron chi connectivity index (χ3n) is 8.17. The van der Waals surface area contributed by atoms with E-state index in [4.69, 9.17) is 16.3 Å². The van der Waals surface area contributed by atoms with Crippen LogP contribution in [0.3, 0.4) is 0 Å². The Kier molecular flexibility index (Phi) is 7.86. The number of hydrogen-bond acceptors (Lipinski definition) is 6. The molecule has 1 aromatic carbocycles. The van der Waals surface area contributed by atoms with E-state index in [9.17, 15) is 14.3 Å². The fourth-order valence-electron chi connectivity index (χ4n) is 6.00. The van der Waals surface area contributed by atoms with E-state index in [0.717, 1.165) is 56.6 Å². The lowest BCUT2D eigenvalue weighted by atomic mass is 9.89. The first-order valence-electron chi connectivity index (χ1n) is 13.5. The number of amides is 1. The number of carbonyl (C=O) groups excluding carboxylic acids is 1. The van der Waals surface area contributed by atoms with Crippen LogP contribution in [0.2, 0.25) is 5.02 Å². The van der Waals surface area contributed by atoms with Gasteiger partial charge in [0.05, 0.1) is 49.1 Å². The van der Waals surface area contributed by atoms with Crippen LogP contribution in [0.25, 0.3) is 0 Å². The van der Waals surface area contributed by atoms with Crippen molar-refractivity contribution in [2.75, 3.05) is 37.7 Å². The van der Waals surface area contributed by atoms with Crippen LogP contribution in [0.15, 0.2) is 30.6 Å².